The summed E-state index contributed by atoms with van der Waals surface area (Å²) in [6.07, 6.45) is 3.99. The predicted molar refractivity (Wildman–Crippen MR) is 76.8 cm³/mol. The van der Waals surface area contributed by atoms with Gasteiger partial charge in [0.25, 0.3) is 5.91 Å². The van der Waals surface area contributed by atoms with E-state index in [1.54, 1.807) is 0 Å². The highest BCUT2D eigenvalue weighted by molar-refractivity contribution is 6.04. The number of carbonyl (C=O) groups excluding carboxylic acids is 2. The molecule has 1 rings (SSSR count). The van der Waals surface area contributed by atoms with Crippen LogP contribution in [-0.4, -0.2) is 28.9 Å². The van der Waals surface area contributed by atoms with Gasteiger partial charge in [-0.1, -0.05) is 47.0 Å². The van der Waals surface area contributed by atoms with Crippen molar-refractivity contribution in [2.24, 2.45) is 11.8 Å². The number of urea groups is 1. The zero-order chi connectivity index (χ0) is 14.6. The molecule has 3 amide bonds. The van der Waals surface area contributed by atoms with Crippen molar-refractivity contribution in [1.29, 1.82) is 0 Å². The summed E-state index contributed by atoms with van der Waals surface area (Å²) in [6.45, 7) is 10.4. The van der Waals surface area contributed by atoms with Gasteiger partial charge in [0, 0.05) is 6.04 Å². The molecule has 3 atom stereocenters. The van der Waals surface area contributed by atoms with Crippen molar-refractivity contribution in [3.05, 3.63) is 0 Å². The van der Waals surface area contributed by atoms with E-state index in [9.17, 15) is 9.59 Å². The third-order valence-corrected chi connectivity index (χ3v) is 4.06. The Morgan fingerprint density at radius 3 is 2.32 bits per heavy atom. The Kier molecular flexibility index (Phi) is 5.83. The highest BCUT2D eigenvalue weighted by Crippen LogP contribution is 2.21. The third-order valence-electron chi connectivity index (χ3n) is 4.06. The van der Waals surface area contributed by atoms with Gasteiger partial charge in [0.15, 0.2) is 0 Å². The van der Waals surface area contributed by atoms with Crippen LogP contribution in [0.5, 0.6) is 0 Å². The Balaban J connectivity index is 2.57. The summed E-state index contributed by atoms with van der Waals surface area (Å²) in [5.74, 6) is 0.823. The summed E-state index contributed by atoms with van der Waals surface area (Å²) >= 11 is 0. The lowest BCUT2D eigenvalue weighted by Crippen LogP contribution is -2.40. The Labute approximate surface area is 116 Å². The molecule has 0 unspecified atom stereocenters. The zero-order valence-corrected chi connectivity index (χ0v) is 12.9. The average molecular weight is 268 g/mol. The molecule has 19 heavy (non-hydrogen) atoms. The van der Waals surface area contributed by atoms with E-state index in [4.69, 9.17) is 0 Å². The van der Waals surface area contributed by atoms with E-state index in [0.29, 0.717) is 5.92 Å². The maximum absolute atomic E-state index is 12.3. The molecule has 0 radical (unpaired) electrons. The van der Waals surface area contributed by atoms with E-state index in [1.807, 2.05) is 20.8 Å². The van der Waals surface area contributed by atoms with Crippen molar-refractivity contribution < 1.29 is 9.59 Å². The van der Waals surface area contributed by atoms with Gasteiger partial charge >= 0.3 is 6.03 Å². The first-order valence-corrected chi connectivity index (χ1v) is 7.52. The molecule has 0 aromatic carbocycles. The summed E-state index contributed by atoms with van der Waals surface area (Å²) in [5, 5.41) is 2.82. The highest BCUT2D eigenvalue weighted by Gasteiger charge is 2.42. The number of hydrogen-bond acceptors (Lipinski definition) is 2. The lowest BCUT2D eigenvalue weighted by atomic mass is 9.98. The molecule has 0 aliphatic carbocycles. The van der Waals surface area contributed by atoms with Crippen molar-refractivity contribution in [2.75, 3.05) is 0 Å². The topological polar surface area (TPSA) is 49.4 Å². The number of nitrogens with zero attached hydrogens (tertiary/aromatic N) is 1. The number of imide groups is 1. The van der Waals surface area contributed by atoms with E-state index < -0.39 is 0 Å². The normalized spacial score (nSPS) is 22.8. The standard InChI is InChI=1S/C15H28N2O2/c1-6-11(4)13-14(18)17(15(19)16-13)12(5)9-7-8-10(2)3/h10-13H,6-9H2,1-5H3,(H,16,19)/t11-,12-,13+/m1/s1. The molecule has 0 bridgehead atoms. The summed E-state index contributed by atoms with van der Waals surface area (Å²) in [6, 6.07) is -0.544. The largest absolute Gasteiger partial charge is 0.326 e. The fourth-order valence-corrected chi connectivity index (χ4v) is 2.50. The van der Waals surface area contributed by atoms with Crippen molar-refractivity contribution >= 4 is 11.9 Å². The molecular weight excluding hydrogens is 240 g/mol. The minimum Gasteiger partial charge on any atom is -0.326 e. The van der Waals surface area contributed by atoms with Gasteiger partial charge in [-0.3, -0.25) is 9.69 Å². The molecule has 4 heteroatoms. The van der Waals surface area contributed by atoms with Gasteiger partial charge in [0.05, 0.1) is 0 Å². The number of carbonyl (C=O) groups is 2. The quantitative estimate of drug-likeness (QED) is 0.721. The van der Waals surface area contributed by atoms with E-state index in [0.717, 1.165) is 25.7 Å². The van der Waals surface area contributed by atoms with Crippen molar-refractivity contribution in [3.8, 4) is 0 Å². The molecule has 1 aliphatic heterocycles. The molecule has 0 saturated carbocycles. The summed E-state index contributed by atoms with van der Waals surface area (Å²) in [7, 11) is 0. The monoisotopic (exact) mass is 268 g/mol. The Morgan fingerprint density at radius 2 is 1.79 bits per heavy atom. The fourth-order valence-electron chi connectivity index (χ4n) is 2.50. The van der Waals surface area contributed by atoms with Crippen LogP contribution >= 0.6 is 0 Å². The molecule has 0 spiro atoms. The van der Waals surface area contributed by atoms with Gasteiger partial charge in [0.2, 0.25) is 0 Å². The SMILES string of the molecule is CC[C@@H](C)[C@@H]1NC(=O)N([C@H](C)CCCC(C)C)C1=O. The van der Waals surface area contributed by atoms with Crippen LogP contribution in [0.1, 0.15) is 60.3 Å². The Hall–Kier alpha value is -1.06. The van der Waals surface area contributed by atoms with Gasteiger partial charge in [-0.25, -0.2) is 4.79 Å². The lowest BCUT2D eigenvalue weighted by molar-refractivity contribution is -0.129. The van der Waals surface area contributed by atoms with Crippen LogP contribution in [0, 0.1) is 11.8 Å². The summed E-state index contributed by atoms with van der Waals surface area (Å²) < 4.78 is 0. The van der Waals surface area contributed by atoms with Crippen molar-refractivity contribution in [2.45, 2.75) is 72.4 Å². The molecule has 4 nitrogen and oxygen atoms in total. The van der Waals surface area contributed by atoms with Crippen LogP contribution in [0.4, 0.5) is 4.79 Å². The van der Waals surface area contributed by atoms with Crippen LogP contribution in [0.25, 0.3) is 0 Å². The molecule has 110 valence electrons. The van der Waals surface area contributed by atoms with Crippen LogP contribution in [0.3, 0.4) is 0 Å². The molecule has 1 fully saturated rings. The fraction of sp³-hybridized carbons (Fsp3) is 0.867. The smallest absolute Gasteiger partial charge is 0.325 e. The van der Waals surface area contributed by atoms with E-state index in [1.165, 1.54) is 4.90 Å². The minimum absolute atomic E-state index is 0.000283. The van der Waals surface area contributed by atoms with Crippen LogP contribution in [0.2, 0.25) is 0 Å². The maximum atomic E-state index is 12.3. The first-order valence-electron chi connectivity index (χ1n) is 7.52. The Bertz CT molecular complexity index is 328. The number of amides is 3. The van der Waals surface area contributed by atoms with Crippen molar-refractivity contribution in [1.82, 2.24) is 10.2 Å². The lowest BCUT2D eigenvalue weighted by Gasteiger charge is -2.22. The second-order valence-electron chi connectivity index (χ2n) is 6.19. The number of hydrogen-bond donors (Lipinski definition) is 1. The Morgan fingerprint density at radius 1 is 1.16 bits per heavy atom. The van der Waals surface area contributed by atoms with Gasteiger partial charge in [-0.05, 0) is 25.2 Å². The van der Waals surface area contributed by atoms with E-state index in [2.05, 4.69) is 19.2 Å². The molecular formula is C15H28N2O2. The first kappa shape index (κ1) is 16.0. The molecule has 1 saturated heterocycles. The third kappa shape index (κ3) is 3.95. The zero-order valence-electron chi connectivity index (χ0n) is 12.9. The van der Waals surface area contributed by atoms with Gasteiger partial charge < -0.3 is 5.32 Å². The molecule has 1 aliphatic rings. The predicted octanol–water partition coefficient (Wildman–Crippen LogP) is 3.17. The molecule has 0 aromatic heterocycles. The maximum Gasteiger partial charge on any atom is 0.325 e. The summed E-state index contributed by atoms with van der Waals surface area (Å²) in [4.78, 5) is 25.7. The van der Waals surface area contributed by atoms with Crippen LogP contribution in [0.15, 0.2) is 0 Å². The van der Waals surface area contributed by atoms with Crippen LogP contribution < -0.4 is 5.32 Å². The van der Waals surface area contributed by atoms with Crippen molar-refractivity contribution in [3.63, 3.8) is 0 Å². The first-order chi connectivity index (χ1) is 8.88. The number of rotatable bonds is 7. The molecule has 1 N–H and O–H groups in total. The van der Waals surface area contributed by atoms with E-state index >= 15 is 0 Å². The average Bonchev–Trinajstić information content (AvgIpc) is 2.63. The molecule has 1 heterocycles. The minimum atomic E-state index is -0.329. The second-order valence-corrected chi connectivity index (χ2v) is 6.19. The summed E-state index contributed by atoms with van der Waals surface area (Å²) in [5.41, 5.74) is 0. The number of nitrogens with one attached hydrogen (secondary N) is 1. The molecule has 0 aromatic rings. The van der Waals surface area contributed by atoms with Crippen LogP contribution in [-0.2, 0) is 4.79 Å². The highest BCUT2D eigenvalue weighted by atomic mass is 16.2. The van der Waals surface area contributed by atoms with Gasteiger partial charge in [0.1, 0.15) is 6.04 Å². The van der Waals surface area contributed by atoms with E-state index in [-0.39, 0.29) is 29.9 Å². The second kappa shape index (κ2) is 6.92. The van der Waals surface area contributed by atoms with Gasteiger partial charge in [-0.15, -0.1) is 0 Å². The van der Waals surface area contributed by atoms with Gasteiger partial charge in [-0.2, -0.15) is 0 Å².